The minimum absolute atomic E-state index is 0. The third kappa shape index (κ3) is 9.45. The van der Waals surface area contributed by atoms with Crippen LogP contribution in [0, 0.1) is 127 Å². The molecule has 4 saturated carbocycles. The Morgan fingerprint density at radius 1 is 0.594 bits per heavy atom. The number of rotatable bonds is 3. The number of aromatic nitrogens is 3. The van der Waals surface area contributed by atoms with Crippen molar-refractivity contribution in [1.82, 2.24) is 15.0 Å². The molecular weight excluding hydrogens is 482 g/mol. The summed E-state index contributed by atoms with van der Waals surface area (Å²) in [5, 5.41) is 8.56. The van der Waals surface area contributed by atoms with E-state index in [0.717, 1.165) is 11.8 Å². The zero-order chi connectivity index (χ0) is 21.0. The van der Waals surface area contributed by atoms with Crippen molar-refractivity contribution in [2.75, 3.05) is 0 Å². The summed E-state index contributed by atoms with van der Waals surface area (Å²) < 4.78 is 0. The Morgan fingerprint density at radius 3 is 1.19 bits per heavy atom. The molecule has 0 bridgehead atoms. The van der Waals surface area contributed by atoms with Crippen LogP contribution >= 0.6 is 0 Å². The first kappa shape index (κ1) is 29.6. The first-order valence-corrected chi connectivity index (χ1v) is 9.71. The first-order valence-electron chi connectivity index (χ1n) is 9.71. The van der Waals surface area contributed by atoms with Gasteiger partial charge in [-0.15, -0.1) is 0 Å². The molecule has 4 fully saturated rings. The van der Waals surface area contributed by atoms with Crippen LogP contribution in [0.4, 0.5) is 0 Å². The van der Waals surface area contributed by atoms with Crippen LogP contribution in [0.25, 0.3) is 6.20 Å². The molecule has 160 valence electrons. The van der Waals surface area contributed by atoms with E-state index in [4.69, 9.17) is 0 Å². The molecule has 4 aliphatic carbocycles. The molecule has 5 rings (SSSR count). The maximum atomic E-state index is 12.6. The smallest absolute Gasteiger partial charge is 0.286 e. The monoisotopic (exact) mass is 505 g/mol. The van der Waals surface area contributed by atoms with Crippen molar-refractivity contribution in [2.45, 2.75) is 6.92 Å². The average Bonchev–Trinajstić information content (AvgIpc) is 3.59. The van der Waals surface area contributed by atoms with E-state index in [0.29, 0.717) is 11.4 Å². The fourth-order valence-electron chi connectivity index (χ4n) is 2.71. The van der Waals surface area contributed by atoms with E-state index in [-0.39, 0.29) is 39.6 Å². The fraction of sp³-hybridized carbons (Fsp3) is 0.0385. The molecule has 1 aromatic heterocycles. The molecule has 20 radical (unpaired) electrons. The van der Waals surface area contributed by atoms with E-state index in [1.165, 1.54) is 4.80 Å². The zero-order valence-corrected chi connectivity index (χ0v) is 19.7. The predicted molar refractivity (Wildman–Crippen MR) is 119 cm³/mol. The molecule has 0 aliphatic heterocycles. The van der Waals surface area contributed by atoms with Crippen LogP contribution in [0.1, 0.15) is 18.3 Å². The van der Waals surface area contributed by atoms with Gasteiger partial charge >= 0.3 is 34.1 Å². The van der Waals surface area contributed by atoms with Crippen molar-refractivity contribution < 1.29 is 34.1 Å². The molecule has 0 atom stereocenters. The van der Waals surface area contributed by atoms with Gasteiger partial charge in [-0.25, -0.2) is 0 Å². The maximum Gasteiger partial charge on any atom is 2.00 e. The molecular formula is C26H23Fe2N3O+4. The van der Waals surface area contributed by atoms with Gasteiger partial charge in [0.05, 0.1) is 0 Å². The van der Waals surface area contributed by atoms with Gasteiger partial charge in [0.1, 0.15) is 11.4 Å². The molecule has 0 unspecified atom stereocenters. The van der Waals surface area contributed by atoms with Gasteiger partial charge in [0, 0.05) is 18.0 Å². The van der Waals surface area contributed by atoms with Crippen molar-refractivity contribution in [1.29, 1.82) is 0 Å². The van der Waals surface area contributed by atoms with Crippen molar-refractivity contribution in [3.8, 4) is 0 Å². The molecule has 32 heavy (non-hydrogen) atoms. The number of hydrogen-bond donors (Lipinski definition) is 0. The Balaban J connectivity index is 0.000000353. The summed E-state index contributed by atoms with van der Waals surface area (Å²) in [6.45, 7) is 1.88. The van der Waals surface area contributed by atoms with Crippen LogP contribution < -0.4 is 5.43 Å². The SMILES string of the molecule is C/C=C/n1nc([C]2[CH][CH][CH][CH]2)c(=O)c([C]2[CH][CH][CH][CH]2)n1.[CH]1[CH][CH][CH][CH]1.[CH]1[CH][CH][CH][CH]1.[Fe+2].[Fe+2]. The van der Waals surface area contributed by atoms with Gasteiger partial charge in [-0.3, -0.25) is 4.79 Å². The van der Waals surface area contributed by atoms with Gasteiger partial charge < -0.3 is 0 Å². The topological polar surface area (TPSA) is 47.8 Å². The third-order valence-electron chi connectivity index (χ3n) is 4.10. The van der Waals surface area contributed by atoms with E-state index in [1.54, 1.807) is 6.20 Å². The molecule has 4 aliphatic rings. The minimum atomic E-state index is -0.150. The molecule has 0 aromatic carbocycles. The molecule has 0 N–H and O–H groups in total. The van der Waals surface area contributed by atoms with Crippen LogP contribution in [0.5, 0.6) is 0 Å². The Hall–Kier alpha value is -0.411. The summed E-state index contributed by atoms with van der Waals surface area (Å²) in [7, 11) is 0. The van der Waals surface area contributed by atoms with Gasteiger partial charge in [-0.1, -0.05) is 6.08 Å². The Labute approximate surface area is 216 Å². The van der Waals surface area contributed by atoms with E-state index in [2.05, 4.69) is 10.2 Å². The molecule has 0 amide bonds. The quantitative estimate of drug-likeness (QED) is 0.590. The van der Waals surface area contributed by atoms with Crippen molar-refractivity contribution in [3.05, 3.63) is 155 Å². The summed E-state index contributed by atoms with van der Waals surface area (Å²) >= 11 is 0. The number of allylic oxidation sites excluding steroid dienone is 1. The molecule has 6 heteroatoms. The summed E-state index contributed by atoms with van der Waals surface area (Å²) in [6, 6.07) is 0. The summed E-state index contributed by atoms with van der Waals surface area (Å²) in [5.41, 5.74) is 0.682. The van der Waals surface area contributed by atoms with Gasteiger partial charge in [-0.2, -0.15) is 15.0 Å². The molecule has 0 saturated heterocycles. The number of nitrogens with zero attached hydrogens (tertiary/aromatic N) is 3. The Kier molecular flexibility index (Phi) is 15.8. The Bertz CT molecular complexity index is 634. The van der Waals surface area contributed by atoms with Gasteiger partial charge in [0.25, 0.3) is 0 Å². The average molecular weight is 505 g/mol. The van der Waals surface area contributed by atoms with Crippen LogP contribution in [0.2, 0.25) is 0 Å². The van der Waals surface area contributed by atoms with E-state index < -0.39 is 0 Å². The second kappa shape index (κ2) is 17.1. The summed E-state index contributed by atoms with van der Waals surface area (Å²) in [6.07, 6.45) is 38.6. The maximum absolute atomic E-state index is 12.6. The standard InChI is InChI=1S/C16H13N3O.2C5H5.2Fe/c1-2-11-19-17-14(12-7-3-4-8-12)16(20)15(18-19)13-9-5-6-10-13;2*1-2-4-5-3-1;;/h2-11H,1H3;2*1-5H;;/q;;;2*+2/b11-2+;;;;. The van der Waals surface area contributed by atoms with Crippen molar-refractivity contribution in [3.63, 3.8) is 0 Å². The van der Waals surface area contributed by atoms with Gasteiger partial charge in [0.15, 0.2) is 0 Å². The van der Waals surface area contributed by atoms with Crippen molar-refractivity contribution in [2.24, 2.45) is 0 Å². The van der Waals surface area contributed by atoms with Gasteiger partial charge in [0.2, 0.25) is 5.43 Å². The van der Waals surface area contributed by atoms with E-state index in [9.17, 15) is 4.79 Å². The van der Waals surface area contributed by atoms with Crippen LogP contribution in [0.3, 0.4) is 0 Å². The summed E-state index contributed by atoms with van der Waals surface area (Å²) in [5.74, 6) is 1.62. The van der Waals surface area contributed by atoms with Crippen LogP contribution in [-0.2, 0) is 34.1 Å². The third-order valence-corrected chi connectivity index (χ3v) is 4.10. The Morgan fingerprint density at radius 2 is 0.906 bits per heavy atom. The van der Waals surface area contributed by atoms with E-state index in [1.807, 2.05) is 129 Å². The second-order valence-electron chi connectivity index (χ2n) is 6.30. The normalized spacial score (nSPS) is 20.8. The van der Waals surface area contributed by atoms with Crippen LogP contribution in [0.15, 0.2) is 10.9 Å². The molecule has 0 spiro atoms. The molecule has 1 heterocycles. The largest absolute Gasteiger partial charge is 2.00 e. The fourth-order valence-corrected chi connectivity index (χ4v) is 2.71. The minimum Gasteiger partial charge on any atom is -0.286 e. The zero-order valence-electron chi connectivity index (χ0n) is 17.5. The molecule has 1 aromatic rings. The predicted octanol–water partition coefficient (Wildman–Crippen LogP) is 3.67. The van der Waals surface area contributed by atoms with Gasteiger partial charge in [-0.05, 0) is 122 Å². The number of hydrogen-bond acceptors (Lipinski definition) is 3. The second-order valence-corrected chi connectivity index (χ2v) is 6.30. The summed E-state index contributed by atoms with van der Waals surface area (Å²) in [4.78, 5) is 14.0. The van der Waals surface area contributed by atoms with Crippen LogP contribution in [-0.4, -0.2) is 15.0 Å². The molecule has 4 nitrogen and oxygen atoms in total. The van der Waals surface area contributed by atoms with E-state index >= 15 is 0 Å². The first-order chi connectivity index (χ1) is 14.8. The van der Waals surface area contributed by atoms with Crippen molar-refractivity contribution >= 4 is 6.20 Å².